The molecule has 0 aliphatic carbocycles. The van der Waals surface area contributed by atoms with Crippen LogP contribution in [0.5, 0.6) is 5.88 Å². The van der Waals surface area contributed by atoms with Gasteiger partial charge in [0.1, 0.15) is 0 Å². The zero-order valence-electron chi connectivity index (χ0n) is 11.7. The van der Waals surface area contributed by atoms with E-state index < -0.39 is 6.10 Å². The van der Waals surface area contributed by atoms with Gasteiger partial charge in [0.2, 0.25) is 5.88 Å². The number of carbonyl (C=O) groups excluding carboxylic acids is 1. The molecule has 1 aromatic rings. The molecule has 5 heteroatoms. The van der Waals surface area contributed by atoms with E-state index >= 15 is 0 Å². The van der Waals surface area contributed by atoms with Gasteiger partial charge in [0.15, 0.2) is 0 Å². The van der Waals surface area contributed by atoms with Crippen molar-refractivity contribution >= 4 is 5.91 Å². The fourth-order valence-electron chi connectivity index (χ4n) is 1.69. The van der Waals surface area contributed by atoms with E-state index in [1.165, 1.54) is 6.20 Å². The molecule has 1 amide bonds. The summed E-state index contributed by atoms with van der Waals surface area (Å²) in [5.41, 5.74) is 0.459. The van der Waals surface area contributed by atoms with Crippen molar-refractivity contribution in [1.82, 2.24) is 10.3 Å². The molecule has 1 atom stereocenters. The molecule has 106 valence electrons. The van der Waals surface area contributed by atoms with E-state index in [9.17, 15) is 9.90 Å². The second kappa shape index (κ2) is 7.74. The van der Waals surface area contributed by atoms with Crippen LogP contribution in [0.15, 0.2) is 18.3 Å². The summed E-state index contributed by atoms with van der Waals surface area (Å²) in [7, 11) is 0. The zero-order valence-corrected chi connectivity index (χ0v) is 11.7. The van der Waals surface area contributed by atoms with Gasteiger partial charge in [-0.15, -0.1) is 0 Å². The third-order valence-electron chi connectivity index (χ3n) is 2.53. The van der Waals surface area contributed by atoms with E-state index in [0.717, 1.165) is 0 Å². The fraction of sp³-hybridized carbons (Fsp3) is 0.571. The molecule has 19 heavy (non-hydrogen) atoms. The highest BCUT2D eigenvalue weighted by atomic mass is 16.5. The van der Waals surface area contributed by atoms with Crippen LogP contribution in [-0.4, -0.2) is 35.3 Å². The Balaban J connectivity index is 2.44. The number of amides is 1. The van der Waals surface area contributed by atoms with E-state index in [2.05, 4.69) is 10.3 Å². The number of pyridine rings is 1. The molecule has 1 heterocycles. The van der Waals surface area contributed by atoms with Gasteiger partial charge in [-0.1, -0.05) is 13.8 Å². The number of aliphatic hydroxyl groups excluding tert-OH is 1. The molecule has 0 aromatic carbocycles. The van der Waals surface area contributed by atoms with Gasteiger partial charge in [0, 0.05) is 18.8 Å². The Kier molecular flexibility index (Phi) is 6.29. The number of nitrogens with one attached hydrogen (secondary N) is 1. The molecular formula is C14H22N2O3. The topological polar surface area (TPSA) is 71.5 Å². The minimum atomic E-state index is -0.514. The largest absolute Gasteiger partial charge is 0.478 e. The Morgan fingerprint density at radius 3 is 2.74 bits per heavy atom. The van der Waals surface area contributed by atoms with Crippen LogP contribution < -0.4 is 10.1 Å². The molecule has 1 unspecified atom stereocenters. The predicted octanol–water partition coefficient (Wildman–Crippen LogP) is 1.62. The molecule has 0 radical (unpaired) electrons. The molecular weight excluding hydrogens is 244 g/mol. The van der Waals surface area contributed by atoms with Gasteiger partial charge in [0.25, 0.3) is 5.91 Å². The molecule has 0 aliphatic heterocycles. The van der Waals surface area contributed by atoms with Crippen LogP contribution in [0, 0.1) is 5.92 Å². The van der Waals surface area contributed by atoms with E-state index in [0.29, 0.717) is 30.4 Å². The number of rotatable bonds is 7. The first-order valence-electron chi connectivity index (χ1n) is 6.58. The lowest BCUT2D eigenvalue weighted by molar-refractivity contribution is 0.0900. The summed E-state index contributed by atoms with van der Waals surface area (Å²) in [5, 5.41) is 12.4. The maximum Gasteiger partial charge on any atom is 0.252 e. The molecule has 0 spiro atoms. The Labute approximate surface area is 114 Å². The highest BCUT2D eigenvalue weighted by molar-refractivity contribution is 5.93. The van der Waals surface area contributed by atoms with Crippen LogP contribution in [0.2, 0.25) is 0 Å². The summed E-state index contributed by atoms with van der Waals surface area (Å²) in [4.78, 5) is 15.8. The molecule has 0 bridgehead atoms. The van der Waals surface area contributed by atoms with Gasteiger partial charge in [-0.05, 0) is 25.3 Å². The monoisotopic (exact) mass is 266 g/mol. The minimum Gasteiger partial charge on any atom is -0.478 e. The van der Waals surface area contributed by atoms with Crippen molar-refractivity contribution in [1.29, 1.82) is 0 Å². The molecule has 0 aliphatic rings. The molecule has 0 fully saturated rings. The average Bonchev–Trinajstić information content (AvgIpc) is 2.36. The standard InChI is InChI=1S/C14H22N2O3/c1-4-19-13-6-5-11(8-15-13)14(18)16-9-12(17)7-10(2)3/h5-6,8,10,12,17H,4,7,9H2,1-3H3,(H,16,18). The molecule has 5 nitrogen and oxygen atoms in total. The summed E-state index contributed by atoms with van der Waals surface area (Å²) in [6.45, 7) is 6.73. The molecule has 1 aromatic heterocycles. The lowest BCUT2D eigenvalue weighted by atomic mass is 10.1. The van der Waals surface area contributed by atoms with E-state index in [1.807, 2.05) is 20.8 Å². The van der Waals surface area contributed by atoms with Crippen LogP contribution in [0.4, 0.5) is 0 Å². The van der Waals surface area contributed by atoms with Gasteiger partial charge >= 0.3 is 0 Å². The molecule has 1 rings (SSSR count). The molecule has 2 N–H and O–H groups in total. The second-order valence-corrected chi connectivity index (χ2v) is 4.81. The number of ether oxygens (including phenoxy) is 1. The lowest BCUT2D eigenvalue weighted by Crippen LogP contribution is -2.32. The Morgan fingerprint density at radius 1 is 1.47 bits per heavy atom. The first kappa shape index (κ1) is 15.4. The number of aliphatic hydroxyl groups is 1. The third-order valence-corrected chi connectivity index (χ3v) is 2.53. The summed E-state index contributed by atoms with van der Waals surface area (Å²) >= 11 is 0. The van der Waals surface area contributed by atoms with Gasteiger partial charge in [0.05, 0.1) is 18.3 Å². The van der Waals surface area contributed by atoms with E-state index in [1.54, 1.807) is 12.1 Å². The summed E-state index contributed by atoms with van der Waals surface area (Å²) < 4.78 is 5.20. The van der Waals surface area contributed by atoms with Gasteiger partial charge in [-0.25, -0.2) is 4.98 Å². The van der Waals surface area contributed by atoms with E-state index in [-0.39, 0.29) is 12.5 Å². The van der Waals surface area contributed by atoms with Crippen LogP contribution in [0.3, 0.4) is 0 Å². The number of aromatic nitrogens is 1. The van der Waals surface area contributed by atoms with Crippen LogP contribution in [-0.2, 0) is 0 Å². The van der Waals surface area contributed by atoms with Crippen molar-refractivity contribution in [3.63, 3.8) is 0 Å². The first-order valence-corrected chi connectivity index (χ1v) is 6.58. The Bertz CT molecular complexity index is 390. The summed E-state index contributed by atoms with van der Waals surface area (Å²) in [6.07, 6.45) is 1.62. The van der Waals surface area contributed by atoms with Crippen LogP contribution in [0.1, 0.15) is 37.6 Å². The third kappa shape index (κ3) is 5.70. The number of hydrogen-bond donors (Lipinski definition) is 2. The fourth-order valence-corrected chi connectivity index (χ4v) is 1.69. The Morgan fingerprint density at radius 2 is 2.21 bits per heavy atom. The highest BCUT2D eigenvalue weighted by Gasteiger charge is 2.10. The van der Waals surface area contributed by atoms with Gasteiger partial charge in [-0.3, -0.25) is 4.79 Å². The maximum atomic E-state index is 11.8. The SMILES string of the molecule is CCOc1ccc(C(=O)NCC(O)CC(C)C)cn1. The predicted molar refractivity (Wildman–Crippen MR) is 73.2 cm³/mol. The molecule has 0 saturated heterocycles. The second-order valence-electron chi connectivity index (χ2n) is 4.81. The minimum absolute atomic E-state index is 0.238. The van der Waals surface area contributed by atoms with Crippen molar-refractivity contribution in [2.45, 2.75) is 33.3 Å². The highest BCUT2D eigenvalue weighted by Crippen LogP contribution is 2.08. The Hall–Kier alpha value is -1.62. The number of hydrogen-bond acceptors (Lipinski definition) is 4. The summed E-state index contributed by atoms with van der Waals surface area (Å²) in [5.74, 6) is 0.663. The van der Waals surface area contributed by atoms with Gasteiger partial charge < -0.3 is 15.2 Å². The smallest absolute Gasteiger partial charge is 0.252 e. The molecule has 0 saturated carbocycles. The van der Waals surface area contributed by atoms with Crippen molar-refractivity contribution in [2.75, 3.05) is 13.2 Å². The van der Waals surface area contributed by atoms with Crippen molar-refractivity contribution in [3.8, 4) is 5.88 Å². The average molecular weight is 266 g/mol. The number of nitrogens with zero attached hydrogens (tertiary/aromatic N) is 1. The maximum absolute atomic E-state index is 11.8. The quantitative estimate of drug-likeness (QED) is 0.786. The zero-order chi connectivity index (χ0) is 14.3. The van der Waals surface area contributed by atoms with Crippen molar-refractivity contribution in [3.05, 3.63) is 23.9 Å². The number of carbonyl (C=O) groups is 1. The normalized spacial score (nSPS) is 12.3. The van der Waals surface area contributed by atoms with Crippen LogP contribution in [0.25, 0.3) is 0 Å². The van der Waals surface area contributed by atoms with Crippen molar-refractivity contribution in [2.24, 2.45) is 5.92 Å². The van der Waals surface area contributed by atoms with Crippen molar-refractivity contribution < 1.29 is 14.6 Å². The lowest BCUT2D eigenvalue weighted by Gasteiger charge is -2.13. The van der Waals surface area contributed by atoms with Gasteiger partial charge in [-0.2, -0.15) is 0 Å². The van der Waals surface area contributed by atoms with E-state index in [4.69, 9.17) is 4.74 Å². The van der Waals surface area contributed by atoms with Crippen LogP contribution >= 0.6 is 0 Å². The summed E-state index contributed by atoms with van der Waals surface area (Å²) in [6, 6.07) is 3.31. The first-order chi connectivity index (χ1) is 9.02.